The van der Waals surface area contributed by atoms with Crippen LogP contribution >= 0.6 is 0 Å². The van der Waals surface area contributed by atoms with Crippen LogP contribution in [0.1, 0.15) is 18.7 Å². The first-order valence-electron chi connectivity index (χ1n) is 5.10. The molecule has 0 saturated carbocycles. The highest BCUT2D eigenvalue weighted by Crippen LogP contribution is 2.34. The molecule has 2 heterocycles. The van der Waals surface area contributed by atoms with Crippen LogP contribution in [0.15, 0.2) is 30.5 Å². The quantitative estimate of drug-likeness (QED) is 0.721. The number of hydrogen-bond donors (Lipinski definition) is 1. The number of rotatable bonds is 0. The van der Waals surface area contributed by atoms with Gasteiger partial charge in [0.05, 0.1) is 17.4 Å². The van der Waals surface area contributed by atoms with Crippen LogP contribution in [-0.2, 0) is 0 Å². The van der Waals surface area contributed by atoms with Gasteiger partial charge in [0.1, 0.15) is 0 Å². The number of aromatic nitrogens is 1. The van der Waals surface area contributed by atoms with E-state index >= 15 is 0 Å². The second kappa shape index (κ2) is 3.07. The SMILES string of the molecule is CC1Nc2cc(F)c(F)cc2-n2cccc21. The Morgan fingerprint density at radius 3 is 2.81 bits per heavy atom. The van der Waals surface area contributed by atoms with Gasteiger partial charge in [-0.25, -0.2) is 8.78 Å². The number of benzene rings is 1. The zero-order valence-corrected chi connectivity index (χ0v) is 8.67. The minimum Gasteiger partial charge on any atom is -0.375 e. The summed E-state index contributed by atoms with van der Waals surface area (Å²) < 4.78 is 28.2. The molecule has 1 aromatic carbocycles. The van der Waals surface area contributed by atoms with E-state index in [0.717, 1.165) is 5.69 Å². The zero-order chi connectivity index (χ0) is 11.3. The van der Waals surface area contributed by atoms with Crippen LogP contribution in [0.2, 0.25) is 0 Å². The Bertz CT molecular complexity index is 560. The highest BCUT2D eigenvalue weighted by molar-refractivity contribution is 5.65. The number of halogens is 2. The molecule has 2 nitrogen and oxygen atoms in total. The summed E-state index contributed by atoms with van der Waals surface area (Å²) in [5.74, 6) is -1.65. The molecule has 1 aromatic heterocycles. The fourth-order valence-electron chi connectivity index (χ4n) is 2.12. The molecule has 1 aliphatic rings. The normalized spacial score (nSPS) is 17.6. The zero-order valence-electron chi connectivity index (χ0n) is 8.67. The third-order valence-corrected chi connectivity index (χ3v) is 2.89. The van der Waals surface area contributed by atoms with Crippen molar-refractivity contribution in [2.45, 2.75) is 13.0 Å². The van der Waals surface area contributed by atoms with Crippen LogP contribution in [0.25, 0.3) is 5.69 Å². The van der Waals surface area contributed by atoms with Crippen LogP contribution in [-0.4, -0.2) is 4.57 Å². The van der Waals surface area contributed by atoms with Gasteiger partial charge in [-0.3, -0.25) is 0 Å². The molecule has 82 valence electrons. The van der Waals surface area contributed by atoms with Gasteiger partial charge in [-0.15, -0.1) is 0 Å². The van der Waals surface area contributed by atoms with E-state index in [9.17, 15) is 8.78 Å². The van der Waals surface area contributed by atoms with E-state index in [1.807, 2.05) is 29.8 Å². The van der Waals surface area contributed by atoms with E-state index in [0.29, 0.717) is 11.4 Å². The molecule has 3 rings (SSSR count). The first-order chi connectivity index (χ1) is 7.66. The minimum absolute atomic E-state index is 0.0901. The van der Waals surface area contributed by atoms with E-state index < -0.39 is 11.6 Å². The summed E-state index contributed by atoms with van der Waals surface area (Å²) in [6.45, 7) is 1.98. The summed E-state index contributed by atoms with van der Waals surface area (Å²) in [7, 11) is 0. The Morgan fingerprint density at radius 2 is 2.00 bits per heavy atom. The van der Waals surface area contributed by atoms with Crippen molar-refractivity contribution in [1.29, 1.82) is 0 Å². The first-order valence-corrected chi connectivity index (χ1v) is 5.10. The lowest BCUT2D eigenvalue weighted by atomic mass is 10.1. The van der Waals surface area contributed by atoms with Crippen LogP contribution in [0.5, 0.6) is 0 Å². The summed E-state index contributed by atoms with van der Waals surface area (Å²) in [5.41, 5.74) is 2.31. The molecule has 0 aliphatic carbocycles. The maximum absolute atomic E-state index is 13.2. The Kier molecular flexibility index (Phi) is 1.80. The minimum atomic E-state index is -0.825. The molecule has 0 bridgehead atoms. The van der Waals surface area contributed by atoms with E-state index in [1.54, 1.807) is 0 Å². The van der Waals surface area contributed by atoms with Gasteiger partial charge in [0, 0.05) is 24.0 Å². The maximum Gasteiger partial charge on any atom is 0.161 e. The van der Waals surface area contributed by atoms with Gasteiger partial charge in [0.2, 0.25) is 0 Å². The van der Waals surface area contributed by atoms with Crippen LogP contribution in [0.4, 0.5) is 14.5 Å². The van der Waals surface area contributed by atoms with E-state index in [4.69, 9.17) is 0 Å². The summed E-state index contributed by atoms with van der Waals surface area (Å²) >= 11 is 0. The lowest BCUT2D eigenvalue weighted by Crippen LogP contribution is -2.19. The Hall–Kier alpha value is -1.84. The van der Waals surface area contributed by atoms with Gasteiger partial charge in [-0.1, -0.05) is 0 Å². The summed E-state index contributed by atoms with van der Waals surface area (Å²) in [6.07, 6.45) is 1.85. The van der Waals surface area contributed by atoms with Gasteiger partial charge < -0.3 is 9.88 Å². The molecule has 16 heavy (non-hydrogen) atoms. The van der Waals surface area contributed by atoms with Crippen molar-refractivity contribution in [3.05, 3.63) is 47.8 Å². The van der Waals surface area contributed by atoms with Crippen molar-refractivity contribution in [2.24, 2.45) is 0 Å². The average Bonchev–Trinajstić information content (AvgIpc) is 2.71. The third kappa shape index (κ3) is 1.16. The predicted molar refractivity (Wildman–Crippen MR) is 57.7 cm³/mol. The first kappa shape index (κ1) is 9.39. The molecule has 0 saturated heterocycles. The highest BCUT2D eigenvalue weighted by atomic mass is 19.2. The molecular formula is C12H10F2N2. The number of nitrogens with zero attached hydrogens (tertiary/aromatic N) is 1. The molecule has 1 aliphatic heterocycles. The number of fused-ring (bicyclic) bond motifs is 3. The average molecular weight is 220 g/mol. The van der Waals surface area contributed by atoms with Gasteiger partial charge in [0.25, 0.3) is 0 Å². The molecule has 1 N–H and O–H groups in total. The third-order valence-electron chi connectivity index (χ3n) is 2.89. The molecule has 1 atom stereocenters. The highest BCUT2D eigenvalue weighted by Gasteiger charge is 2.21. The Morgan fingerprint density at radius 1 is 1.25 bits per heavy atom. The molecule has 0 radical (unpaired) electrons. The topological polar surface area (TPSA) is 17.0 Å². The van der Waals surface area contributed by atoms with Crippen molar-refractivity contribution in [3.63, 3.8) is 0 Å². The number of hydrogen-bond acceptors (Lipinski definition) is 1. The van der Waals surface area contributed by atoms with Gasteiger partial charge in [-0.05, 0) is 19.1 Å². The molecule has 1 unspecified atom stereocenters. The second-order valence-corrected chi connectivity index (χ2v) is 3.95. The smallest absolute Gasteiger partial charge is 0.161 e. The van der Waals surface area contributed by atoms with E-state index in [2.05, 4.69) is 5.32 Å². The largest absolute Gasteiger partial charge is 0.375 e. The molecule has 2 aromatic rings. The molecular weight excluding hydrogens is 210 g/mol. The predicted octanol–water partition coefficient (Wildman–Crippen LogP) is 3.24. The van der Waals surface area contributed by atoms with Crippen molar-refractivity contribution in [2.75, 3.05) is 5.32 Å². The van der Waals surface area contributed by atoms with Gasteiger partial charge in [-0.2, -0.15) is 0 Å². The summed E-state index contributed by atoms with van der Waals surface area (Å²) in [6, 6.07) is 6.36. The Balaban J connectivity index is 2.28. The summed E-state index contributed by atoms with van der Waals surface area (Å²) in [4.78, 5) is 0. The molecule has 0 spiro atoms. The Labute approximate surface area is 91.5 Å². The number of nitrogens with one attached hydrogen (secondary N) is 1. The van der Waals surface area contributed by atoms with Crippen molar-refractivity contribution in [1.82, 2.24) is 4.57 Å². The fourth-order valence-corrected chi connectivity index (χ4v) is 2.12. The monoisotopic (exact) mass is 220 g/mol. The van der Waals surface area contributed by atoms with Crippen LogP contribution in [0, 0.1) is 11.6 Å². The van der Waals surface area contributed by atoms with Crippen molar-refractivity contribution in [3.8, 4) is 5.69 Å². The lowest BCUT2D eigenvalue weighted by molar-refractivity contribution is 0.507. The molecule has 0 fully saturated rings. The summed E-state index contributed by atoms with van der Waals surface area (Å²) in [5, 5.41) is 3.14. The number of anilines is 1. The van der Waals surface area contributed by atoms with E-state index in [1.165, 1.54) is 12.1 Å². The van der Waals surface area contributed by atoms with Crippen LogP contribution < -0.4 is 5.32 Å². The van der Waals surface area contributed by atoms with Gasteiger partial charge in [0.15, 0.2) is 11.6 Å². The van der Waals surface area contributed by atoms with Gasteiger partial charge >= 0.3 is 0 Å². The molecule has 4 heteroatoms. The maximum atomic E-state index is 13.2. The molecule has 0 amide bonds. The van der Waals surface area contributed by atoms with Crippen molar-refractivity contribution < 1.29 is 8.78 Å². The van der Waals surface area contributed by atoms with Crippen molar-refractivity contribution >= 4 is 5.69 Å². The fraction of sp³-hybridized carbons (Fsp3) is 0.167. The standard InChI is InChI=1S/C12H10F2N2/c1-7-11-3-2-4-16(11)12-6-9(14)8(13)5-10(12)15-7/h2-7,15H,1H3. The van der Waals surface area contributed by atoms with E-state index in [-0.39, 0.29) is 6.04 Å². The lowest BCUT2D eigenvalue weighted by Gasteiger charge is -2.26. The van der Waals surface area contributed by atoms with Crippen LogP contribution in [0.3, 0.4) is 0 Å². The second-order valence-electron chi connectivity index (χ2n) is 3.95.